The normalized spacial score (nSPS) is 11.4. The van der Waals surface area contributed by atoms with Crippen LogP contribution in [0, 0.1) is 0 Å². The quantitative estimate of drug-likeness (QED) is 0.829. The second kappa shape index (κ2) is 5.99. The number of benzene rings is 1. The molecule has 2 aromatic rings. The predicted molar refractivity (Wildman–Crippen MR) is 84.6 cm³/mol. The number of carbonyl (C=O) groups excluding carboxylic acids is 1. The lowest BCUT2D eigenvalue weighted by Crippen LogP contribution is -2.44. The smallest absolute Gasteiger partial charge is 0.242 e. The minimum atomic E-state index is -0.190. The highest BCUT2D eigenvalue weighted by Crippen LogP contribution is 2.19. The van der Waals surface area contributed by atoms with Gasteiger partial charge in [-0.05, 0) is 38.0 Å². The van der Waals surface area contributed by atoms with E-state index in [9.17, 15) is 4.79 Å². The van der Waals surface area contributed by atoms with Gasteiger partial charge >= 0.3 is 0 Å². The van der Waals surface area contributed by atoms with E-state index in [1.165, 1.54) is 0 Å². The standard InChI is InChI=1S/C16H22N4O/c1-4-16(2,3)19-15(21)11-20-10-13(9-18-20)12-5-7-14(17)8-6-12/h5-10H,4,11,17H2,1-3H3,(H,19,21). The van der Waals surface area contributed by atoms with E-state index in [0.717, 1.165) is 23.2 Å². The summed E-state index contributed by atoms with van der Waals surface area (Å²) < 4.78 is 1.65. The maximum atomic E-state index is 12.0. The molecule has 0 unspecified atom stereocenters. The molecule has 1 aromatic heterocycles. The Morgan fingerprint density at radius 3 is 2.57 bits per heavy atom. The molecule has 112 valence electrons. The first-order valence-corrected chi connectivity index (χ1v) is 7.09. The molecule has 5 heteroatoms. The van der Waals surface area contributed by atoms with Gasteiger partial charge in [0, 0.05) is 23.0 Å². The molecular formula is C16H22N4O. The molecule has 0 aliphatic rings. The van der Waals surface area contributed by atoms with Gasteiger partial charge in [-0.15, -0.1) is 0 Å². The van der Waals surface area contributed by atoms with Crippen molar-refractivity contribution in [2.24, 2.45) is 0 Å². The Morgan fingerprint density at radius 2 is 1.95 bits per heavy atom. The van der Waals surface area contributed by atoms with Crippen molar-refractivity contribution in [1.82, 2.24) is 15.1 Å². The number of anilines is 1. The fourth-order valence-electron chi connectivity index (χ4n) is 1.93. The topological polar surface area (TPSA) is 72.9 Å². The van der Waals surface area contributed by atoms with Crippen LogP contribution in [0.25, 0.3) is 11.1 Å². The van der Waals surface area contributed by atoms with Crippen LogP contribution in [0.5, 0.6) is 0 Å². The zero-order valence-corrected chi connectivity index (χ0v) is 12.8. The third-order valence-electron chi connectivity index (χ3n) is 3.54. The minimum absolute atomic E-state index is 0.0335. The van der Waals surface area contributed by atoms with E-state index in [-0.39, 0.29) is 18.0 Å². The molecule has 1 amide bonds. The zero-order valence-electron chi connectivity index (χ0n) is 12.8. The molecule has 0 saturated carbocycles. The van der Waals surface area contributed by atoms with Crippen molar-refractivity contribution >= 4 is 11.6 Å². The summed E-state index contributed by atoms with van der Waals surface area (Å²) in [5.41, 5.74) is 8.21. The fourth-order valence-corrected chi connectivity index (χ4v) is 1.93. The van der Waals surface area contributed by atoms with Gasteiger partial charge in [-0.25, -0.2) is 0 Å². The van der Waals surface area contributed by atoms with E-state index >= 15 is 0 Å². The number of nitrogens with zero attached hydrogens (tertiary/aromatic N) is 2. The molecule has 0 aliphatic heterocycles. The third-order valence-corrected chi connectivity index (χ3v) is 3.54. The highest BCUT2D eigenvalue weighted by Gasteiger charge is 2.18. The van der Waals surface area contributed by atoms with Gasteiger partial charge < -0.3 is 11.1 Å². The van der Waals surface area contributed by atoms with Gasteiger partial charge in [0.1, 0.15) is 6.54 Å². The van der Waals surface area contributed by atoms with E-state index in [2.05, 4.69) is 10.4 Å². The van der Waals surface area contributed by atoms with Crippen molar-refractivity contribution in [3.8, 4) is 11.1 Å². The van der Waals surface area contributed by atoms with E-state index in [4.69, 9.17) is 5.73 Å². The molecule has 0 bridgehead atoms. The molecule has 0 fully saturated rings. The van der Waals surface area contributed by atoms with Crippen LogP contribution in [0.3, 0.4) is 0 Å². The fraction of sp³-hybridized carbons (Fsp3) is 0.375. The predicted octanol–water partition coefficient (Wildman–Crippen LogP) is 2.44. The summed E-state index contributed by atoms with van der Waals surface area (Å²) in [5, 5.41) is 7.23. The van der Waals surface area contributed by atoms with Gasteiger partial charge in [0.15, 0.2) is 0 Å². The van der Waals surface area contributed by atoms with Gasteiger partial charge in [-0.3, -0.25) is 9.48 Å². The molecule has 1 aromatic carbocycles. The number of hydrogen-bond acceptors (Lipinski definition) is 3. The van der Waals surface area contributed by atoms with Gasteiger partial charge in [-0.1, -0.05) is 19.1 Å². The highest BCUT2D eigenvalue weighted by atomic mass is 16.2. The first-order valence-electron chi connectivity index (χ1n) is 7.09. The number of amides is 1. The lowest BCUT2D eigenvalue weighted by Gasteiger charge is -2.24. The molecule has 0 atom stereocenters. The Kier molecular flexibility index (Phi) is 4.31. The van der Waals surface area contributed by atoms with Crippen LogP contribution in [0.4, 0.5) is 5.69 Å². The molecule has 0 aliphatic carbocycles. The lowest BCUT2D eigenvalue weighted by atomic mass is 10.0. The van der Waals surface area contributed by atoms with Crippen LogP contribution in [0.2, 0.25) is 0 Å². The highest BCUT2D eigenvalue weighted by molar-refractivity contribution is 5.76. The molecular weight excluding hydrogens is 264 g/mol. The van der Waals surface area contributed by atoms with Crippen LogP contribution < -0.4 is 11.1 Å². The summed E-state index contributed by atoms with van der Waals surface area (Å²) in [6.07, 6.45) is 4.50. The Bertz CT molecular complexity index is 613. The Balaban J connectivity index is 2.03. The van der Waals surface area contributed by atoms with Crippen molar-refractivity contribution < 1.29 is 4.79 Å². The van der Waals surface area contributed by atoms with Crippen LogP contribution in [0.15, 0.2) is 36.7 Å². The van der Waals surface area contributed by atoms with Gasteiger partial charge in [-0.2, -0.15) is 5.10 Å². The molecule has 21 heavy (non-hydrogen) atoms. The van der Waals surface area contributed by atoms with Crippen LogP contribution >= 0.6 is 0 Å². The van der Waals surface area contributed by atoms with Gasteiger partial charge in [0.05, 0.1) is 6.20 Å². The van der Waals surface area contributed by atoms with Crippen LogP contribution in [0.1, 0.15) is 27.2 Å². The number of nitrogens with one attached hydrogen (secondary N) is 1. The first-order chi connectivity index (χ1) is 9.89. The summed E-state index contributed by atoms with van der Waals surface area (Å²) in [5.74, 6) is -0.0335. The van der Waals surface area contributed by atoms with Gasteiger partial charge in [0.25, 0.3) is 0 Å². The Labute approximate surface area is 125 Å². The molecule has 0 spiro atoms. The third kappa shape index (κ3) is 4.08. The number of rotatable bonds is 5. The van der Waals surface area contributed by atoms with Crippen molar-refractivity contribution in [1.29, 1.82) is 0 Å². The van der Waals surface area contributed by atoms with Crippen molar-refractivity contribution in [3.63, 3.8) is 0 Å². The molecule has 2 rings (SSSR count). The second-order valence-electron chi connectivity index (χ2n) is 5.83. The SMILES string of the molecule is CCC(C)(C)NC(=O)Cn1cc(-c2ccc(N)cc2)cn1. The number of nitrogens with two attached hydrogens (primary N) is 1. The molecule has 3 N–H and O–H groups in total. The second-order valence-corrected chi connectivity index (χ2v) is 5.83. The number of nitrogen functional groups attached to an aromatic ring is 1. The summed E-state index contributed by atoms with van der Waals surface area (Å²) in [6.45, 7) is 6.29. The largest absolute Gasteiger partial charge is 0.399 e. The van der Waals surface area contributed by atoms with Crippen LogP contribution in [-0.2, 0) is 11.3 Å². The number of hydrogen-bond donors (Lipinski definition) is 2. The van der Waals surface area contributed by atoms with Crippen molar-refractivity contribution in [2.75, 3.05) is 5.73 Å². The number of carbonyl (C=O) groups is 1. The summed E-state index contributed by atoms with van der Waals surface area (Å²) in [6, 6.07) is 7.58. The summed E-state index contributed by atoms with van der Waals surface area (Å²) >= 11 is 0. The molecule has 5 nitrogen and oxygen atoms in total. The molecule has 0 radical (unpaired) electrons. The number of aromatic nitrogens is 2. The zero-order chi connectivity index (χ0) is 15.5. The van der Waals surface area contributed by atoms with E-state index in [1.54, 1.807) is 10.9 Å². The maximum absolute atomic E-state index is 12.0. The Hall–Kier alpha value is -2.30. The minimum Gasteiger partial charge on any atom is -0.399 e. The Morgan fingerprint density at radius 1 is 1.29 bits per heavy atom. The lowest BCUT2D eigenvalue weighted by molar-refractivity contribution is -0.123. The van der Waals surface area contributed by atoms with E-state index < -0.39 is 0 Å². The van der Waals surface area contributed by atoms with E-state index in [0.29, 0.717) is 0 Å². The first kappa shape index (κ1) is 15.1. The van der Waals surface area contributed by atoms with Crippen molar-refractivity contribution in [3.05, 3.63) is 36.7 Å². The van der Waals surface area contributed by atoms with Crippen LogP contribution in [-0.4, -0.2) is 21.2 Å². The van der Waals surface area contributed by atoms with Gasteiger partial charge in [0.2, 0.25) is 5.91 Å². The molecule has 0 saturated heterocycles. The van der Waals surface area contributed by atoms with E-state index in [1.807, 2.05) is 51.2 Å². The monoisotopic (exact) mass is 286 g/mol. The molecule has 1 heterocycles. The average molecular weight is 286 g/mol. The average Bonchev–Trinajstić information content (AvgIpc) is 2.87. The summed E-state index contributed by atoms with van der Waals surface area (Å²) in [7, 11) is 0. The van der Waals surface area contributed by atoms with Crippen molar-refractivity contribution in [2.45, 2.75) is 39.3 Å². The maximum Gasteiger partial charge on any atom is 0.242 e. The summed E-state index contributed by atoms with van der Waals surface area (Å²) in [4.78, 5) is 12.0.